The number of nitrogens with one attached hydrogen (secondary N) is 1. The Bertz CT molecular complexity index is 626. The molecule has 1 amide bonds. The van der Waals surface area contributed by atoms with E-state index in [4.69, 9.17) is 9.47 Å². The molecule has 5 heteroatoms. The van der Waals surface area contributed by atoms with Gasteiger partial charge in [0, 0.05) is 17.5 Å². The second-order valence-corrected chi connectivity index (χ2v) is 7.26. The lowest BCUT2D eigenvalue weighted by atomic mass is 9.70. The first-order valence-electron chi connectivity index (χ1n) is 9.40. The van der Waals surface area contributed by atoms with E-state index in [1.807, 2.05) is 12.1 Å². The first-order chi connectivity index (χ1) is 12.1. The molecule has 0 radical (unpaired) electrons. The van der Waals surface area contributed by atoms with E-state index in [0.29, 0.717) is 18.0 Å². The van der Waals surface area contributed by atoms with E-state index in [-0.39, 0.29) is 11.3 Å². The summed E-state index contributed by atoms with van der Waals surface area (Å²) in [5, 5.41) is 3.12. The van der Waals surface area contributed by atoms with Crippen LogP contribution in [0.25, 0.3) is 0 Å². The average molecular weight is 346 g/mol. The minimum atomic E-state index is -0.0276. The third-order valence-corrected chi connectivity index (χ3v) is 5.76. The van der Waals surface area contributed by atoms with Crippen LogP contribution in [-0.2, 0) is 5.41 Å². The van der Waals surface area contributed by atoms with Crippen LogP contribution in [0.5, 0.6) is 11.5 Å². The number of hydrogen-bond acceptors (Lipinski definition) is 4. The number of ether oxygens (including phenoxy) is 2. The van der Waals surface area contributed by atoms with Crippen molar-refractivity contribution < 1.29 is 14.3 Å². The van der Waals surface area contributed by atoms with Crippen molar-refractivity contribution in [1.29, 1.82) is 0 Å². The maximum absolute atomic E-state index is 12.5. The molecule has 1 aromatic rings. The number of carbonyl (C=O) groups excluding carboxylic acids is 1. The number of hydrogen-bond donors (Lipinski definition) is 1. The minimum Gasteiger partial charge on any atom is -0.493 e. The first-order valence-corrected chi connectivity index (χ1v) is 9.40. The summed E-state index contributed by atoms with van der Waals surface area (Å²) >= 11 is 0. The number of carbonyl (C=O) groups is 1. The number of likely N-dealkylation sites (tertiary alicyclic amines) is 1. The van der Waals surface area contributed by atoms with E-state index >= 15 is 0 Å². The van der Waals surface area contributed by atoms with Gasteiger partial charge in [0.15, 0.2) is 11.5 Å². The highest BCUT2D eigenvalue weighted by molar-refractivity contribution is 5.98. The smallest absolute Gasteiger partial charge is 0.251 e. The molecule has 1 N–H and O–H groups in total. The topological polar surface area (TPSA) is 50.8 Å². The van der Waals surface area contributed by atoms with Crippen molar-refractivity contribution in [2.75, 3.05) is 40.4 Å². The Morgan fingerprint density at radius 2 is 1.80 bits per heavy atom. The Morgan fingerprint density at radius 1 is 1.12 bits per heavy atom. The lowest BCUT2D eigenvalue weighted by Crippen LogP contribution is -2.48. The molecule has 0 saturated carbocycles. The van der Waals surface area contributed by atoms with Crippen molar-refractivity contribution in [3.63, 3.8) is 0 Å². The number of amides is 1. The van der Waals surface area contributed by atoms with E-state index in [9.17, 15) is 4.79 Å². The van der Waals surface area contributed by atoms with Crippen molar-refractivity contribution in [1.82, 2.24) is 10.2 Å². The molecule has 25 heavy (non-hydrogen) atoms. The first kappa shape index (κ1) is 18.1. The standard InChI is InChI=1S/C20H30N2O3/c1-4-7-20(8-11-22-9-5-6-10-22)14-21-19(23)15-12-17(24-2)18(25-3)13-16(15)20/h12-13H,4-11,14H2,1-3H3,(H,21,23). The summed E-state index contributed by atoms with van der Waals surface area (Å²) in [5.74, 6) is 1.31. The van der Waals surface area contributed by atoms with Crippen LogP contribution in [0.1, 0.15) is 54.9 Å². The van der Waals surface area contributed by atoms with Crippen LogP contribution in [0, 0.1) is 0 Å². The maximum Gasteiger partial charge on any atom is 0.251 e. The molecular formula is C20H30N2O3. The summed E-state index contributed by atoms with van der Waals surface area (Å²) in [4.78, 5) is 15.0. The molecule has 0 aliphatic carbocycles. The molecule has 0 bridgehead atoms. The largest absolute Gasteiger partial charge is 0.493 e. The van der Waals surface area contributed by atoms with Crippen LogP contribution in [-0.4, -0.2) is 51.2 Å². The van der Waals surface area contributed by atoms with Crippen LogP contribution in [0.15, 0.2) is 12.1 Å². The Labute approximate surface area is 150 Å². The van der Waals surface area contributed by atoms with Crippen molar-refractivity contribution >= 4 is 5.91 Å². The Balaban J connectivity index is 1.98. The van der Waals surface area contributed by atoms with Gasteiger partial charge in [-0.2, -0.15) is 0 Å². The van der Waals surface area contributed by atoms with Gasteiger partial charge in [-0.25, -0.2) is 0 Å². The monoisotopic (exact) mass is 346 g/mol. The predicted octanol–water partition coefficient (Wildman–Crippen LogP) is 2.97. The lowest BCUT2D eigenvalue weighted by molar-refractivity contribution is 0.0914. The predicted molar refractivity (Wildman–Crippen MR) is 98.8 cm³/mol. The molecular weight excluding hydrogens is 316 g/mol. The van der Waals surface area contributed by atoms with Gasteiger partial charge in [-0.3, -0.25) is 4.79 Å². The summed E-state index contributed by atoms with van der Waals surface area (Å²) in [7, 11) is 3.26. The van der Waals surface area contributed by atoms with Crippen LogP contribution >= 0.6 is 0 Å². The highest BCUT2D eigenvalue weighted by Crippen LogP contribution is 2.42. The summed E-state index contributed by atoms with van der Waals surface area (Å²) < 4.78 is 10.9. The van der Waals surface area contributed by atoms with Gasteiger partial charge in [-0.1, -0.05) is 13.3 Å². The maximum atomic E-state index is 12.5. The van der Waals surface area contributed by atoms with E-state index in [0.717, 1.165) is 36.9 Å². The van der Waals surface area contributed by atoms with Crippen LogP contribution in [0.4, 0.5) is 0 Å². The fourth-order valence-electron chi connectivity index (χ4n) is 4.37. The van der Waals surface area contributed by atoms with Crippen molar-refractivity contribution in [3.8, 4) is 11.5 Å². The number of methoxy groups -OCH3 is 2. The lowest BCUT2D eigenvalue weighted by Gasteiger charge is -2.40. The third-order valence-electron chi connectivity index (χ3n) is 5.76. The minimum absolute atomic E-state index is 0.0103. The van der Waals surface area contributed by atoms with Gasteiger partial charge < -0.3 is 19.7 Å². The van der Waals surface area contributed by atoms with Gasteiger partial charge in [-0.05, 0) is 63.0 Å². The normalized spacial score (nSPS) is 23.2. The summed E-state index contributed by atoms with van der Waals surface area (Å²) in [6, 6.07) is 3.87. The van der Waals surface area contributed by atoms with E-state index in [2.05, 4.69) is 17.1 Å². The van der Waals surface area contributed by atoms with Gasteiger partial charge in [-0.15, -0.1) is 0 Å². The number of nitrogens with zero attached hydrogens (tertiary/aromatic N) is 1. The molecule has 1 atom stereocenters. The van der Waals surface area contributed by atoms with Crippen LogP contribution < -0.4 is 14.8 Å². The number of fused-ring (bicyclic) bond motifs is 1. The summed E-state index contributed by atoms with van der Waals surface area (Å²) in [6.07, 6.45) is 5.81. The molecule has 1 saturated heterocycles. The number of benzene rings is 1. The van der Waals surface area contributed by atoms with Crippen molar-refractivity contribution in [2.45, 2.75) is 44.4 Å². The van der Waals surface area contributed by atoms with Gasteiger partial charge in [0.25, 0.3) is 5.91 Å². The number of rotatable bonds is 7. The van der Waals surface area contributed by atoms with Gasteiger partial charge in [0.1, 0.15) is 0 Å². The fraction of sp³-hybridized carbons (Fsp3) is 0.650. The quantitative estimate of drug-likeness (QED) is 0.825. The Kier molecular flexibility index (Phi) is 5.52. The molecule has 1 fully saturated rings. The molecule has 1 aromatic carbocycles. The molecule has 138 valence electrons. The highest BCUT2D eigenvalue weighted by atomic mass is 16.5. The van der Waals surface area contributed by atoms with Crippen LogP contribution in [0.2, 0.25) is 0 Å². The van der Waals surface area contributed by atoms with E-state index in [1.54, 1.807) is 14.2 Å². The summed E-state index contributed by atoms with van der Waals surface area (Å²) in [5.41, 5.74) is 1.83. The molecule has 1 unspecified atom stereocenters. The zero-order chi connectivity index (χ0) is 17.9. The van der Waals surface area contributed by atoms with Gasteiger partial charge in [0.05, 0.1) is 14.2 Å². The van der Waals surface area contributed by atoms with Gasteiger partial charge >= 0.3 is 0 Å². The van der Waals surface area contributed by atoms with Crippen molar-refractivity contribution in [3.05, 3.63) is 23.3 Å². The van der Waals surface area contributed by atoms with Gasteiger partial charge in [0.2, 0.25) is 0 Å². The summed E-state index contributed by atoms with van der Waals surface area (Å²) in [6.45, 7) is 6.41. The molecule has 5 nitrogen and oxygen atoms in total. The molecule has 2 aliphatic heterocycles. The zero-order valence-electron chi connectivity index (χ0n) is 15.7. The highest BCUT2D eigenvalue weighted by Gasteiger charge is 2.40. The average Bonchev–Trinajstić information content (AvgIpc) is 3.16. The molecule has 0 aromatic heterocycles. The molecule has 0 spiro atoms. The molecule has 2 heterocycles. The SMILES string of the molecule is CCCC1(CCN2CCCC2)CNC(=O)c2cc(OC)c(OC)cc21. The third kappa shape index (κ3) is 3.47. The van der Waals surface area contributed by atoms with Crippen molar-refractivity contribution in [2.24, 2.45) is 0 Å². The van der Waals surface area contributed by atoms with E-state index in [1.165, 1.54) is 25.9 Å². The molecule has 2 aliphatic rings. The fourth-order valence-corrected chi connectivity index (χ4v) is 4.37. The van der Waals surface area contributed by atoms with E-state index < -0.39 is 0 Å². The second-order valence-electron chi connectivity index (χ2n) is 7.26. The Hall–Kier alpha value is -1.75. The second kappa shape index (κ2) is 7.65. The Morgan fingerprint density at radius 3 is 2.44 bits per heavy atom. The molecule has 3 rings (SSSR count). The zero-order valence-corrected chi connectivity index (χ0v) is 15.7. The van der Waals surface area contributed by atoms with Crippen LogP contribution in [0.3, 0.4) is 0 Å².